The van der Waals surface area contributed by atoms with Crippen molar-refractivity contribution in [2.45, 2.75) is 11.4 Å². The van der Waals surface area contributed by atoms with E-state index in [4.69, 9.17) is 10.8 Å². The third-order valence-electron chi connectivity index (χ3n) is 2.43. The summed E-state index contributed by atoms with van der Waals surface area (Å²) < 4.78 is 26.7. The molecule has 2 rings (SSSR count). The van der Waals surface area contributed by atoms with Gasteiger partial charge in [0.15, 0.2) is 11.5 Å². The number of hydrogen-bond acceptors (Lipinski definition) is 7. The molecule has 3 N–H and O–H groups in total. The van der Waals surface area contributed by atoms with Gasteiger partial charge in [0.2, 0.25) is 5.91 Å². The molecule has 1 amide bonds. The Labute approximate surface area is 107 Å². The molecule has 18 heavy (non-hydrogen) atoms. The van der Waals surface area contributed by atoms with Crippen molar-refractivity contribution in [3.8, 4) is 0 Å². The highest BCUT2D eigenvalue weighted by Crippen LogP contribution is 2.39. The maximum atomic E-state index is 11.5. The number of amides is 1. The molecule has 0 radical (unpaired) electrons. The van der Waals surface area contributed by atoms with Crippen LogP contribution in [0.1, 0.15) is 0 Å². The molecule has 2 aliphatic rings. The molecular formula is C8H10N2O6S2. The molecule has 0 aromatic rings. The molecule has 0 aliphatic carbocycles. The normalized spacial score (nSPS) is 27.7. The molecule has 0 aromatic heterocycles. The van der Waals surface area contributed by atoms with Crippen LogP contribution in [0.5, 0.6) is 0 Å². The highest BCUT2D eigenvalue weighted by atomic mass is 32.2. The predicted octanol–water partition coefficient (Wildman–Crippen LogP) is -1.50. The zero-order valence-electron chi connectivity index (χ0n) is 9.19. The van der Waals surface area contributed by atoms with Gasteiger partial charge in [0.1, 0.15) is 11.4 Å². The molecule has 1 fully saturated rings. The highest BCUT2D eigenvalue weighted by molar-refractivity contribution is 8.00. The second-order valence-corrected chi connectivity index (χ2v) is 6.48. The molecule has 0 saturated carbocycles. The summed E-state index contributed by atoms with van der Waals surface area (Å²) in [4.78, 5) is 23.6. The largest absolute Gasteiger partial charge is 0.476 e. The zero-order valence-corrected chi connectivity index (χ0v) is 10.8. The number of nitrogens with zero attached hydrogens (tertiary/aromatic N) is 1. The van der Waals surface area contributed by atoms with Gasteiger partial charge in [-0.2, -0.15) is 8.42 Å². The van der Waals surface area contributed by atoms with Crippen LogP contribution in [-0.4, -0.2) is 53.7 Å². The summed E-state index contributed by atoms with van der Waals surface area (Å²) in [5.41, 5.74) is 5.08. The first kappa shape index (κ1) is 13.2. The fourth-order valence-electron chi connectivity index (χ4n) is 1.73. The number of nitrogens with two attached hydrogens (primary N) is 1. The third-order valence-corrected chi connectivity index (χ3v) is 4.21. The van der Waals surface area contributed by atoms with Crippen LogP contribution in [0.2, 0.25) is 0 Å². The lowest BCUT2D eigenvalue weighted by molar-refractivity contribution is -0.148. The number of rotatable bonds is 3. The number of carboxylic acid groups (broad SMARTS) is 1. The number of aliphatic carboxylic acids is 1. The summed E-state index contributed by atoms with van der Waals surface area (Å²) >= 11 is 1.16. The monoisotopic (exact) mass is 294 g/mol. The van der Waals surface area contributed by atoms with Crippen LogP contribution in [0.25, 0.3) is 0 Å². The minimum atomic E-state index is -3.84. The van der Waals surface area contributed by atoms with E-state index in [0.29, 0.717) is 0 Å². The van der Waals surface area contributed by atoms with E-state index >= 15 is 0 Å². The fourth-order valence-corrected chi connectivity index (χ4v) is 3.51. The smallest absolute Gasteiger partial charge is 0.356 e. The quantitative estimate of drug-likeness (QED) is 0.475. The van der Waals surface area contributed by atoms with E-state index in [2.05, 4.69) is 4.18 Å². The van der Waals surface area contributed by atoms with Crippen molar-refractivity contribution in [3.05, 3.63) is 11.5 Å². The molecule has 0 bridgehead atoms. The van der Waals surface area contributed by atoms with Crippen molar-refractivity contribution in [3.63, 3.8) is 0 Å². The van der Waals surface area contributed by atoms with E-state index in [-0.39, 0.29) is 11.5 Å². The summed E-state index contributed by atoms with van der Waals surface area (Å²) in [7, 11) is -3.84. The van der Waals surface area contributed by atoms with Crippen molar-refractivity contribution in [1.82, 2.24) is 4.90 Å². The minimum absolute atomic E-state index is 0.0385. The maximum Gasteiger partial charge on any atom is 0.356 e. The molecular weight excluding hydrogens is 284 g/mol. The van der Waals surface area contributed by atoms with Crippen LogP contribution in [0.4, 0.5) is 0 Å². The number of carbonyl (C=O) groups is 2. The Balaban J connectivity index is 2.41. The molecule has 2 unspecified atom stereocenters. The van der Waals surface area contributed by atoms with Gasteiger partial charge in [-0.25, -0.2) is 4.79 Å². The third kappa shape index (κ3) is 2.06. The molecule has 2 atom stereocenters. The van der Waals surface area contributed by atoms with Crippen molar-refractivity contribution >= 4 is 33.8 Å². The lowest BCUT2D eigenvalue weighted by atomic mass is 10.1. The summed E-state index contributed by atoms with van der Waals surface area (Å²) in [5, 5.41) is 8.58. The van der Waals surface area contributed by atoms with Crippen molar-refractivity contribution in [2.75, 3.05) is 12.0 Å². The summed E-state index contributed by atoms with van der Waals surface area (Å²) in [6, 6.07) is -0.760. The maximum absolute atomic E-state index is 11.5. The Morgan fingerprint density at radius 1 is 1.61 bits per heavy atom. The first-order valence-corrected chi connectivity index (χ1v) is 7.65. The Hall–Kier alpha value is -1.26. The second kappa shape index (κ2) is 4.14. The van der Waals surface area contributed by atoms with E-state index in [1.54, 1.807) is 0 Å². The molecule has 100 valence electrons. The van der Waals surface area contributed by atoms with Gasteiger partial charge < -0.3 is 15.0 Å². The van der Waals surface area contributed by atoms with Crippen LogP contribution in [0, 0.1) is 0 Å². The number of carboxylic acids is 1. The predicted molar refractivity (Wildman–Crippen MR) is 61.7 cm³/mol. The van der Waals surface area contributed by atoms with Gasteiger partial charge in [-0.1, -0.05) is 0 Å². The van der Waals surface area contributed by atoms with Gasteiger partial charge in [-0.15, -0.1) is 11.8 Å². The SMILES string of the molecule is CS(=O)(=O)OC1=C(C(=O)O)N2C(=O)C(N)C2SC1. The average molecular weight is 294 g/mol. The van der Waals surface area contributed by atoms with E-state index in [0.717, 1.165) is 22.9 Å². The number of carbonyl (C=O) groups excluding carboxylic acids is 1. The van der Waals surface area contributed by atoms with Crippen molar-refractivity contribution in [1.29, 1.82) is 0 Å². The lowest BCUT2D eigenvalue weighted by Gasteiger charge is -2.47. The van der Waals surface area contributed by atoms with Crippen molar-refractivity contribution in [2.24, 2.45) is 5.73 Å². The topological polar surface area (TPSA) is 127 Å². The number of hydrogen-bond donors (Lipinski definition) is 2. The molecule has 0 spiro atoms. The van der Waals surface area contributed by atoms with Crippen LogP contribution in [0.3, 0.4) is 0 Å². The summed E-state index contributed by atoms with van der Waals surface area (Å²) in [5.74, 6) is -2.19. The first-order valence-electron chi connectivity index (χ1n) is 4.78. The van der Waals surface area contributed by atoms with E-state index in [1.165, 1.54) is 0 Å². The van der Waals surface area contributed by atoms with Crippen LogP contribution >= 0.6 is 11.8 Å². The van der Waals surface area contributed by atoms with Gasteiger partial charge in [0.05, 0.1) is 12.0 Å². The van der Waals surface area contributed by atoms with Crippen LogP contribution in [0.15, 0.2) is 11.5 Å². The average Bonchev–Trinajstić information content (AvgIpc) is 2.24. The van der Waals surface area contributed by atoms with Gasteiger partial charge >= 0.3 is 16.1 Å². The van der Waals surface area contributed by atoms with Gasteiger partial charge in [0, 0.05) is 0 Å². The van der Waals surface area contributed by atoms with E-state index in [9.17, 15) is 18.0 Å². The highest BCUT2D eigenvalue weighted by Gasteiger charge is 2.52. The molecule has 1 saturated heterocycles. The van der Waals surface area contributed by atoms with Gasteiger partial charge in [-0.3, -0.25) is 9.69 Å². The second-order valence-electron chi connectivity index (χ2n) is 3.80. The van der Waals surface area contributed by atoms with Crippen LogP contribution < -0.4 is 5.73 Å². The Bertz CT molecular complexity index is 554. The summed E-state index contributed by atoms with van der Waals surface area (Å²) in [6.45, 7) is 0. The number of β-lactam (4-membered cyclic amide) rings is 1. The Kier molecular flexibility index (Phi) is 3.03. The number of fused-ring (bicyclic) bond motifs is 1. The Morgan fingerprint density at radius 2 is 2.22 bits per heavy atom. The Morgan fingerprint density at radius 3 is 2.72 bits per heavy atom. The molecule has 2 heterocycles. The molecule has 8 nitrogen and oxygen atoms in total. The zero-order chi connectivity index (χ0) is 13.7. The first-order chi connectivity index (χ1) is 8.22. The van der Waals surface area contributed by atoms with Crippen molar-refractivity contribution < 1.29 is 27.3 Å². The van der Waals surface area contributed by atoms with Crippen LogP contribution in [-0.2, 0) is 23.9 Å². The minimum Gasteiger partial charge on any atom is -0.476 e. The molecule has 2 aliphatic heterocycles. The molecule has 0 aromatic carbocycles. The lowest BCUT2D eigenvalue weighted by Crippen LogP contribution is -2.68. The molecule has 10 heteroatoms. The van der Waals surface area contributed by atoms with E-state index < -0.39 is 39.1 Å². The van der Waals surface area contributed by atoms with Gasteiger partial charge in [-0.05, 0) is 0 Å². The van der Waals surface area contributed by atoms with Gasteiger partial charge in [0.25, 0.3) is 0 Å². The number of thioether (sulfide) groups is 1. The fraction of sp³-hybridized carbons (Fsp3) is 0.500. The van der Waals surface area contributed by atoms with E-state index in [1.807, 2.05) is 0 Å². The summed E-state index contributed by atoms with van der Waals surface area (Å²) in [6.07, 6.45) is 0.805. The standard InChI is InChI=1S/C8H10N2O6S2/c1-18(14,15)16-3-2-17-7-4(9)6(11)10(7)5(3)8(12)13/h4,7H,2,9H2,1H3,(H,12,13).